The summed E-state index contributed by atoms with van der Waals surface area (Å²) < 4.78 is 29.8. The molecule has 0 radical (unpaired) electrons. The van der Waals surface area contributed by atoms with Gasteiger partial charge in [0.2, 0.25) is 0 Å². The summed E-state index contributed by atoms with van der Waals surface area (Å²) in [7, 11) is 0. The molecule has 0 fully saturated rings. The van der Waals surface area contributed by atoms with Crippen LogP contribution in [0.2, 0.25) is 0 Å². The predicted molar refractivity (Wildman–Crippen MR) is 52.9 cm³/mol. The Balaban J connectivity index is 2.59. The van der Waals surface area contributed by atoms with Crippen molar-refractivity contribution in [2.75, 3.05) is 0 Å². The van der Waals surface area contributed by atoms with Gasteiger partial charge >= 0.3 is 0 Å². The van der Waals surface area contributed by atoms with E-state index in [4.69, 9.17) is 0 Å². The van der Waals surface area contributed by atoms with E-state index < -0.39 is 11.6 Å². The van der Waals surface area contributed by atoms with Gasteiger partial charge in [0, 0.05) is 11.6 Å². The van der Waals surface area contributed by atoms with Gasteiger partial charge in [-0.25, -0.2) is 8.78 Å². The normalized spacial score (nSPS) is 10.3. The number of rotatable bonds is 2. The van der Waals surface area contributed by atoms with E-state index in [1.165, 1.54) is 12.3 Å². The van der Waals surface area contributed by atoms with Crippen molar-refractivity contribution in [2.45, 2.75) is 0 Å². The second-order valence-electron chi connectivity index (χ2n) is 2.85. The molecule has 0 bridgehead atoms. The fourth-order valence-corrected chi connectivity index (χ4v) is 1.95. The number of nitrogens with zero attached hydrogens (tertiary/aromatic N) is 1. The summed E-state index contributed by atoms with van der Waals surface area (Å²) in [5.41, 5.74) is 0.506. The maximum absolute atomic E-state index is 13.4. The van der Waals surface area contributed by atoms with E-state index in [0.717, 1.165) is 23.7 Å². The van der Waals surface area contributed by atoms with Crippen molar-refractivity contribution in [1.29, 1.82) is 0 Å². The molecule has 0 N–H and O–H groups in total. The van der Waals surface area contributed by atoms with Gasteiger partial charge < -0.3 is 0 Å². The molecule has 0 amide bonds. The zero-order chi connectivity index (χ0) is 10.8. The highest BCUT2D eigenvalue weighted by Gasteiger charge is 2.12. The van der Waals surface area contributed by atoms with Gasteiger partial charge in [-0.1, -0.05) is 0 Å². The van der Waals surface area contributed by atoms with E-state index >= 15 is 0 Å². The Hall–Kier alpha value is -1.62. The van der Waals surface area contributed by atoms with Crippen molar-refractivity contribution >= 4 is 17.8 Å². The molecule has 1 heterocycles. The topological polar surface area (TPSA) is 30.0 Å². The maximum atomic E-state index is 13.4. The van der Waals surface area contributed by atoms with Gasteiger partial charge in [0.25, 0.3) is 0 Å². The molecule has 1 aromatic heterocycles. The molecule has 76 valence electrons. The van der Waals surface area contributed by atoms with Crippen LogP contribution in [0.3, 0.4) is 0 Å². The first-order valence-electron chi connectivity index (χ1n) is 4.07. The maximum Gasteiger partial charge on any atom is 0.153 e. The van der Waals surface area contributed by atoms with Gasteiger partial charge in [0.15, 0.2) is 6.29 Å². The summed E-state index contributed by atoms with van der Waals surface area (Å²) in [6.07, 6.45) is 1.96. The summed E-state index contributed by atoms with van der Waals surface area (Å²) in [6, 6.07) is 3.22. The third-order valence-electron chi connectivity index (χ3n) is 1.90. The van der Waals surface area contributed by atoms with E-state index in [0.29, 0.717) is 16.7 Å². The third kappa shape index (κ3) is 1.78. The van der Waals surface area contributed by atoms with E-state index in [9.17, 15) is 13.6 Å². The van der Waals surface area contributed by atoms with Crippen molar-refractivity contribution in [3.05, 3.63) is 41.6 Å². The van der Waals surface area contributed by atoms with Gasteiger partial charge in [-0.15, -0.1) is 0 Å². The van der Waals surface area contributed by atoms with Crippen molar-refractivity contribution in [3.8, 4) is 10.4 Å². The highest BCUT2D eigenvalue weighted by atomic mass is 32.1. The lowest BCUT2D eigenvalue weighted by Crippen LogP contribution is -1.87. The average molecular weight is 225 g/mol. The summed E-state index contributed by atoms with van der Waals surface area (Å²) in [5, 5.41) is 0. The minimum atomic E-state index is -0.692. The number of hydrogen-bond acceptors (Lipinski definition) is 3. The van der Waals surface area contributed by atoms with Crippen LogP contribution in [0.15, 0.2) is 24.4 Å². The molecule has 5 heteroatoms. The SMILES string of the molecule is O=Cc1cnsc1-c1ccc(F)cc1F. The van der Waals surface area contributed by atoms with E-state index in [1.54, 1.807) is 0 Å². The standard InChI is InChI=1S/C10H5F2NOS/c11-7-1-2-8(9(12)3-7)10-6(5-14)4-13-15-10/h1-5H. The van der Waals surface area contributed by atoms with Crippen molar-refractivity contribution in [1.82, 2.24) is 4.37 Å². The van der Waals surface area contributed by atoms with Crippen LogP contribution in [0, 0.1) is 11.6 Å². The van der Waals surface area contributed by atoms with Crippen LogP contribution in [-0.4, -0.2) is 10.7 Å². The number of carbonyl (C=O) groups excluding carboxylic acids is 1. The van der Waals surface area contributed by atoms with Crippen molar-refractivity contribution < 1.29 is 13.6 Å². The first-order chi connectivity index (χ1) is 7.22. The second kappa shape index (κ2) is 3.86. The lowest BCUT2D eigenvalue weighted by molar-refractivity contribution is 0.112. The van der Waals surface area contributed by atoms with E-state index in [2.05, 4.69) is 4.37 Å². The first kappa shape index (κ1) is 9.92. The first-order valence-corrected chi connectivity index (χ1v) is 4.85. The molecule has 15 heavy (non-hydrogen) atoms. The second-order valence-corrected chi connectivity index (χ2v) is 3.65. The predicted octanol–water partition coefficient (Wildman–Crippen LogP) is 2.90. The number of carbonyl (C=O) groups is 1. The van der Waals surface area contributed by atoms with Crippen LogP contribution in [0.4, 0.5) is 8.78 Å². The third-order valence-corrected chi connectivity index (χ3v) is 2.75. The van der Waals surface area contributed by atoms with Crippen LogP contribution in [0.1, 0.15) is 10.4 Å². The molecule has 0 aliphatic heterocycles. The number of halogens is 2. The molecule has 0 saturated heterocycles. The largest absolute Gasteiger partial charge is 0.298 e. The quantitative estimate of drug-likeness (QED) is 0.735. The van der Waals surface area contributed by atoms with Crippen molar-refractivity contribution in [3.63, 3.8) is 0 Å². The Bertz CT molecular complexity index is 510. The lowest BCUT2D eigenvalue weighted by atomic mass is 10.1. The van der Waals surface area contributed by atoms with Gasteiger partial charge in [0.1, 0.15) is 11.6 Å². The monoisotopic (exact) mass is 225 g/mol. The van der Waals surface area contributed by atoms with E-state index in [-0.39, 0.29) is 5.56 Å². The van der Waals surface area contributed by atoms with Crippen LogP contribution < -0.4 is 0 Å². The van der Waals surface area contributed by atoms with Gasteiger partial charge in [-0.2, -0.15) is 4.37 Å². The molecule has 2 rings (SSSR count). The zero-order valence-corrected chi connectivity index (χ0v) is 8.22. The Morgan fingerprint density at radius 3 is 2.80 bits per heavy atom. The molecule has 0 aliphatic carbocycles. The van der Waals surface area contributed by atoms with Crippen molar-refractivity contribution in [2.24, 2.45) is 0 Å². The zero-order valence-electron chi connectivity index (χ0n) is 7.41. The fraction of sp³-hybridized carbons (Fsp3) is 0. The molecular weight excluding hydrogens is 220 g/mol. The number of benzene rings is 1. The Kier molecular flexibility index (Phi) is 2.55. The summed E-state index contributed by atoms with van der Waals surface area (Å²) in [5.74, 6) is -1.34. The number of hydrogen-bond donors (Lipinski definition) is 0. The highest BCUT2D eigenvalue weighted by molar-refractivity contribution is 7.10. The van der Waals surface area contributed by atoms with Gasteiger partial charge in [-0.3, -0.25) is 4.79 Å². The van der Waals surface area contributed by atoms with Crippen LogP contribution in [0.5, 0.6) is 0 Å². The minimum Gasteiger partial charge on any atom is -0.298 e. The Morgan fingerprint density at radius 1 is 1.33 bits per heavy atom. The molecule has 0 spiro atoms. The van der Waals surface area contributed by atoms with Crippen LogP contribution in [-0.2, 0) is 0 Å². The average Bonchev–Trinajstić information content (AvgIpc) is 2.65. The van der Waals surface area contributed by atoms with Gasteiger partial charge in [-0.05, 0) is 23.7 Å². The highest BCUT2D eigenvalue weighted by Crippen LogP contribution is 2.29. The Morgan fingerprint density at radius 2 is 2.13 bits per heavy atom. The number of aromatic nitrogens is 1. The fourth-order valence-electron chi connectivity index (χ4n) is 1.21. The summed E-state index contributed by atoms with van der Waals surface area (Å²) in [4.78, 5) is 11.0. The van der Waals surface area contributed by atoms with Crippen LogP contribution in [0.25, 0.3) is 10.4 Å². The molecule has 0 atom stereocenters. The summed E-state index contributed by atoms with van der Waals surface area (Å²) >= 11 is 1.00. The minimum absolute atomic E-state index is 0.195. The smallest absolute Gasteiger partial charge is 0.153 e. The molecule has 0 unspecified atom stereocenters. The van der Waals surface area contributed by atoms with Crippen LogP contribution >= 0.6 is 11.5 Å². The van der Waals surface area contributed by atoms with E-state index in [1.807, 2.05) is 0 Å². The molecular formula is C10H5F2NOS. The molecule has 2 nitrogen and oxygen atoms in total. The molecule has 0 aliphatic rings. The summed E-state index contributed by atoms with van der Waals surface area (Å²) in [6.45, 7) is 0. The Labute approximate surface area is 88.3 Å². The number of aldehydes is 1. The lowest BCUT2D eigenvalue weighted by Gasteiger charge is -2.00. The molecule has 2 aromatic rings. The van der Waals surface area contributed by atoms with Gasteiger partial charge in [0.05, 0.1) is 16.6 Å². The molecule has 1 aromatic carbocycles. The molecule has 0 saturated carbocycles.